The van der Waals surface area contributed by atoms with E-state index < -0.39 is 30.1 Å². The van der Waals surface area contributed by atoms with Crippen LogP contribution in [0.4, 0.5) is 4.79 Å². The van der Waals surface area contributed by atoms with Gasteiger partial charge in [-0.05, 0) is 24.3 Å². The minimum atomic E-state index is -1.11. The summed E-state index contributed by atoms with van der Waals surface area (Å²) < 4.78 is 5.12. The molecule has 1 aromatic rings. The maximum atomic E-state index is 12.3. The van der Waals surface area contributed by atoms with Gasteiger partial charge in [-0.1, -0.05) is 51.1 Å². The summed E-state index contributed by atoms with van der Waals surface area (Å²) in [6.45, 7) is 5.57. The molecule has 138 valence electrons. The molecule has 2 amide bonds. The molecule has 2 atom stereocenters. The SMILES string of the molecule is CC[C@H](NC(=O)C(CC(C)C)NC(=O)OCc1ccccc1)C(=O)O. The fraction of sp³-hybridized carbons (Fsp3) is 0.500. The predicted octanol–water partition coefficient (Wildman–Crippen LogP) is 2.31. The zero-order valence-corrected chi connectivity index (χ0v) is 14.8. The molecular formula is C18H26N2O5. The molecule has 1 rings (SSSR count). The van der Waals surface area contributed by atoms with Gasteiger partial charge >= 0.3 is 12.1 Å². The first-order valence-electron chi connectivity index (χ1n) is 8.33. The van der Waals surface area contributed by atoms with Gasteiger partial charge < -0.3 is 20.5 Å². The number of nitrogens with one attached hydrogen (secondary N) is 2. The average molecular weight is 350 g/mol. The van der Waals surface area contributed by atoms with Crippen LogP contribution in [0.5, 0.6) is 0 Å². The van der Waals surface area contributed by atoms with Gasteiger partial charge in [-0.15, -0.1) is 0 Å². The van der Waals surface area contributed by atoms with Crippen molar-refractivity contribution in [2.75, 3.05) is 0 Å². The molecule has 0 saturated carbocycles. The first-order chi connectivity index (χ1) is 11.8. The minimum absolute atomic E-state index is 0.0927. The van der Waals surface area contributed by atoms with Crippen molar-refractivity contribution in [2.45, 2.75) is 52.3 Å². The Morgan fingerprint density at radius 2 is 1.72 bits per heavy atom. The average Bonchev–Trinajstić information content (AvgIpc) is 2.57. The van der Waals surface area contributed by atoms with Crippen molar-refractivity contribution in [3.8, 4) is 0 Å². The third kappa shape index (κ3) is 7.69. The number of ether oxygens (including phenoxy) is 1. The van der Waals surface area contributed by atoms with Crippen LogP contribution in [0.15, 0.2) is 30.3 Å². The van der Waals surface area contributed by atoms with E-state index in [1.165, 1.54) is 0 Å². The summed E-state index contributed by atoms with van der Waals surface area (Å²) in [5.74, 6) is -1.50. The highest BCUT2D eigenvalue weighted by molar-refractivity contribution is 5.89. The van der Waals surface area contributed by atoms with Crippen LogP contribution in [0.25, 0.3) is 0 Å². The van der Waals surface area contributed by atoms with Gasteiger partial charge in [0.25, 0.3) is 0 Å². The zero-order valence-electron chi connectivity index (χ0n) is 14.8. The Kier molecular flexibility index (Phi) is 8.46. The smallest absolute Gasteiger partial charge is 0.408 e. The molecule has 1 aromatic carbocycles. The van der Waals surface area contributed by atoms with E-state index in [-0.39, 0.29) is 18.9 Å². The van der Waals surface area contributed by atoms with Crippen molar-refractivity contribution in [3.63, 3.8) is 0 Å². The van der Waals surface area contributed by atoms with Crippen LogP contribution >= 0.6 is 0 Å². The van der Waals surface area contributed by atoms with Gasteiger partial charge in [-0.3, -0.25) is 4.79 Å². The van der Waals surface area contributed by atoms with E-state index in [1.54, 1.807) is 6.92 Å². The Morgan fingerprint density at radius 3 is 2.24 bits per heavy atom. The number of amides is 2. The summed E-state index contributed by atoms with van der Waals surface area (Å²) >= 11 is 0. The van der Waals surface area contributed by atoms with Gasteiger partial charge in [-0.25, -0.2) is 9.59 Å². The molecule has 3 N–H and O–H groups in total. The maximum absolute atomic E-state index is 12.3. The molecule has 0 aliphatic heterocycles. The van der Waals surface area contributed by atoms with Crippen LogP contribution < -0.4 is 10.6 Å². The van der Waals surface area contributed by atoms with Gasteiger partial charge in [0.15, 0.2) is 0 Å². The summed E-state index contributed by atoms with van der Waals surface area (Å²) in [7, 11) is 0. The van der Waals surface area contributed by atoms with E-state index in [4.69, 9.17) is 9.84 Å². The number of hydrogen-bond acceptors (Lipinski definition) is 4. The maximum Gasteiger partial charge on any atom is 0.408 e. The summed E-state index contributed by atoms with van der Waals surface area (Å²) in [6.07, 6.45) is -0.0796. The highest BCUT2D eigenvalue weighted by Gasteiger charge is 2.26. The molecule has 0 heterocycles. The zero-order chi connectivity index (χ0) is 18.8. The van der Waals surface area contributed by atoms with Gasteiger partial charge in [0.1, 0.15) is 18.7 Å². The van der Waals surface area contributed by atoms with Gasteiger partial charge in [-0.2, -0.15) is 0 Å². The van der Waals surface area contributed by atoms with Gasteiger partial charge in [0.2, 0.25) is 5.91 Å². The topological polar surface area (TPSA) is 105 Å². The third-order valence-electron chi connectivity index (χ3n) is 3.55. The monoisotopic (exact) mass is 350 g/mol. The fourth-order valence-corrected chi connectivity index (χ4v) is 2.22. The normalized spacial score (nSPS) is 13.0. The summed E-state index contributed by atoms with van der Waals surface area (Å²) in [5.41, 5.74) is 0.833. The summed E-state index contributed by atoms with van der Waals surface area (Å²) in [5, 5.41) is 14.0. The van der Waals surface area contributed by atoms with Crippen LogP contribution in [0.2, 0.25) is 0 Å². The largest absolute Gasteiger partial charge is 0.480 e. The second-order valence-electron chi connectivity index (χ2n) is 6.20. The molecule has 1 unspecified atom stereocenters. The van der Waals surface area contributed by atoms with Crippen molar-refractivity contribution >= 4 is 18.0 Å². The van der Waals surface area contributed by atoms with Crippen molar-refractivity contribution in [1.29, 1.82) is 0 Å². The van der Waals surface area contributed by atoms with Crippen LogP contribution in [0.3, 0.4) is 0 Å². The lowest BCUT2D eigenvalue weighted by Gasteiger charge is -2.22. The minimum Gasteiger partial charge on any atom is -0.480 e. The van der Waals surface area contributed by atoms with Crippen molar-refractivity contribution in [2.24, 2.45) is 5.92 Å². The number of carbonyl (C=O) groups excluding carboxylic acids is 2. The molecule has 0 aliphatic rings. The molecule has 0 bridgehead atoms. The van der Waals surface area contributed by atoms with E-state index >= 15 is 0 Å². The first kappa shape index (κ1) is 20.5. The molecule has 0 fully saturated rings. The molecule has 7 nitrogen and oxygen atoms in total. The molecule has 0 saturated heterocycles. The number of aliphatic carboxylic acids is 1. The number of alkyl carbamates (subject to hydrolysis) is 1. The lowest BCUT2D eigenvalue weighted by molar-refractivity contribution is -0.142. The van der Waals surface area contributed by atoms with E-state index in [2.05, 4.69) is 10.6 Å². The summed E-state index contributed by atoms with van der Waals surface area (Å²) in [6, 6.07) is 7.35. The van der Waals surface area contributed by atoms with Crippen molar-refractivity contribution in [1.82, 2.24) is 10.6 Å². The standard InChI is InChI=1S/C18H26N2O5/c1-4-14(17(22)23)19-16(21)15(10-12(2)3)20-18(24)25-11-13-8-6-5-7-9-13/h5-9,12,14-15H,4,10-11H2,1-3H3,(H,19,21)(H,20,24)(H,22,23)/t14-,15?/m0/s1. The van der Waals surface area contributed by atoms with E-state index in [1.807, 2.05) is 44.2 Å². The lowest BCUT2D eigenvalue weighted by atomic mass is 10.0. The Labute approximate surface area is 147 Å². The first-order valence-corrected chi connectivity index (χ1v) is 8.33. The number of hydrogen-bond donors (Lipinski definition) is 3. The van der Waals surface area contributed by atoms with Gasteiger partial charge in [0.05, 0.1) is 0 Å². The fourth-order valence-electron chi connectivity index (χ4n) is 2.22. The molecule has 0 radical (unpaired) electrons. The Morgan fingerprint density at radius 1 is 1.08 bits per heavy atom. The highest BCUT2D eigenvalue weighted by atomic mass is 16.5. The van der Waals surface area contributed by atoms with Crippen LogP contribution in [0.1, 0.15) is 39.2 Å². The second kappa shape index (κ2) is 10.3. The molecule has 7 heteroatoms. The quantitative estimate of drug-likeness (QED) is 0.634. The predicted molar refractivity (Wildman–Crippen MR) is 92.9 cm³/mol. The van der Waals surface area contributed by atoms with E-state index in [9.17, 15) is 14.4 Å². The highest BCUT2D eigenvalue weighted by Crippen LogP contribution is 2.07. The molecule has 25 heavy (non-hydrogen) atoms. The second-order valence-corrected chi connectivity index (χ2v) is 6.20. The molecule has 0 aromatic heterocycles. The van der Waals surface area contributed by atoms with Crippen LogP contribution in [0, 0.1) is 5.92 Å². The Bertz CT molecular complexity index is 574. The number of rotatable bonds is 9. The summed E-state index contributed by atoms with van der Waals surface area (Å²) in [4.78, 5) is 35.4. The van der Waals surface area contributed by atoms with Crippen molar-refractivity contribution in [3.05, 3.63) is 35.9 Å². The Hall–Kier alpha value is -2.57. The third-order valence-corrected chi connectivity index (χ3v) is 3.55. The number of benzene rings is 1. The Balaban J connectivity index is 2.63. The molecular weight excluding hydrogens is 324 g/mol. The van der Waals surface area contributed by atoms with Gasteiger partial charge in [0, 0.05) is 0 Å². The number of carboxylic acids is 1. The molecule has 0 spiro atoms. The number of carbonyl (C=O) groups is 3. The van der Waals surface area contributed by atoms with E-state index in [0.717, 1.165) is 5.56 Å². The van der Waals surface area contributed by atoms with Crippen LogP contribution in [-0.2, 0) is 20.9 Å². The lowest BCUT2D eigenvalue weighted by Crippen LogP contribution is -2.51. The van der Waals surface area contributed by atoms with E-state index in [0.29, 0.717) is 6.42 Å². The van der Waals surface area contributed by atoms with Crippen LogP contribution in [-0.4, -0.2) is 35.2 Å². The van der Waals surface area contributed by atoms with Crippen molar-refractivity contribution < 1.29 is 24.2 Å². The molecule has 0 aliphatic carbocycles. The number of carboxylic acid groups (broad SMARTS) is 1.